The smallest absolute Gasteiger partial charge is 0.316 e. The molecule has 348 valence electrons. The number of carbonyl (C=O) groups is 1. The number of aliphatic hydroxyl groups is 3. The third-order valence-electron chi connectivity index (χ3n) is 14.5. The van der Waals surface area contributed by atoms with Gasteiger partial charge in [0, 0.05) is 51.7 Å². The van der Waals surface area contributed by atoms with Crippen LogP contribution in [0.3, 0.4) is 0 Å². The molecule has 14 heteroatoms. The Bertz CT molecular complexity index is 1730. The first-order valence-electron chi connectivity index (χ1n) is 22.9. The predicted molar refractivity (Wildman–Crippen MR) is 227 cm³/mol. The Morgan fingerprint density at radius 3 is 2.32 bits per heavy atom. The van der Waals surface area contributed by atoms with Crippen molar-refractivity contribution in [1.29, 1.82) is 0 Å². The molecule has 2 bridgehead atoms. The molecule has 62 heavy (non-hydrogen) atoms. The second kappa shape index (κ2) is 19.7. The minimum Gasteiger partial charge on any atom is -0.462 e. The summed E-state index contributed by atoms with van der Waals surface area (Å²) in [6.45, 7) is 16.1. The van der Waals surface area contributed by atoms with Crippen molar-refractivity contribution in [3.05, 3.63) is 59.3 Å². The average Bonchev–Trinajstić information content (AvgIpc) is 3.58. The second-order valence-electron chi connectivity index (χ2n) is 19.0. The van der Waals surface area contributed by atoms with Crippen LogP contribution in [-0.4, -0.2) is 139 Å². The lowest BCUT2D eigenvalue weighted by atomic mass is 9.71. The van der Waals surface area contributed by atoms with Crippen molar-refractivity contribution in [2.75, 3.05) is 20.8 Å². The summed E-state index contributed by atoms with van der Waals surface area (Å²) >= 11 is 0. The number of aliphatic hydroxyl groups excluding tert-OH is 2. The van der Waals surface area contributed by atoms with Crippen molar-refractivity contribution in [2.45, 2.75) is 191 Å². The Labute approximate surface area is 367 Å². The van der Waals surface area contributed by atoms with Crippen molar-refractivity contribution in [3.63, 3.8) is 0 Å². The van der Waals surface area contributed by atoms with Crippen LogP contribution < -0.4 is 0 Å². The third kappa shape index (κ3) is 9.64. The van der Waals surface area contributed by atoms with Crippen LogP contribution in [0.5, 0.6) is 0 Å². The molecule has 20 atom stereocenters. The van der Waals surface area contributed by atoms with Crippen molar-refractivity contribution in [3.8, 4) is 0 Å². The first-order chi connectivity index (χ1) is 29.5. The lowest BCUT2D eigenvalue weighted by Crippen LogP contribution is -2.58. The molecule has 6 aliphatic heterocycles. The highest BCUT2D eigenvalue weighted by atomic mass is 16.7. The van der Waals surface area contributed by atoms with Gasteiger partial charge in [-0.15, -0.1) is 0 Å². The highest BCUT2D eigenvalue weighted by molar-refractivity contribution is 5.78. The van der Waals surface area contributed by atoms with Gasteiger partial charge in [0.25, 0.3) is 0 Å². The van der Waals surface area contributed by atoms with Gasteiger partial charge >= 0.3 is 5.97 Å². The Kier molecular flexibility index (Phi) is 15.1. The van der Waals surface area contributed by atoms with Crippen molar-refractivity contribution < 1.29 is 67.5 Å². The maximum atomic E-state index is 14.3. The van der Waals surface area contributed by atoms with Crippen LogP contribution in [-0.2, 0) is 52.2 Å². The molecule has 0 aromatic carbocycles. The number of carbonyl (C=O) groups excluding carboxylic acids is 1. The van der Waals surface area contributed by atoms with E-state index in [1.54, 1.807) is 40.2 Å². The van der Waals surface area contributed by atoms with Crippen LogP contribution in [0.4, 0.5) is 0 Å². The Morgan fingerprint density at radius 1 is 0.887 bits per heavy atom. The Morgan fingerprint density at radius 2 is 1.60 bits per heavy atom. The number of rotatable bonds is 8. The summed E-state index contributed by atoms with van der Waals surface area (Å²) in [4.78, 5) is 14.3. The van der Waals surface area contributed by atoms with Crippen LogP contribution in [0.25, 0.3) is 0 Å². The zero-order chi connectivity index (χ0) is 44.7. The fraction of sp³-hybridized carbons (Fsp3) is 0.771. The van der Waals surface area contributed by atoms with Gasteiger partial charge in [-0.1, -0.05) is 70.6 Å². The molecule has 1 aliphatic carbocycles. The van der Waals surface area contributed by atoms with Gasteiger partial charge in [0.15, 0.2) is 18.4 Å². The molecule has 3 N–H and O–H groups in total. The number of methoxy groups -OCH3 is 2. The minimum atomic E-state index is -1.84. The van der Waals surface area contributed by atoms with Gasteiger partial charge in [0.2, 0.25) is 0 Å². The van der Waals surface area contributed by atoms with Crippen LogP contribution in [0.1, 0.15) is 93.9 Å². The van der Waals surface area contributed by atoms with Crippen molar-refractivity contribution in [1.82, 2.24) is 0 Å². The van der Waals surface area contributed by atoms with E-state index in [1.165, 1.54) is 0 Å². The second-order valence-corrected chi connectivity index (χ2v) is 19.0. The molecule has 0 radical (unpaired) electrons. The first kappa shape index (κ1) is 47.6. The van der Waals surface area contributed by atoms with Crippen molar-refractivity contribution in [2.24, 2.45) is 23.7 Å². The molecule has 4 fully saturated rings. The summed E-state index contributed by atoms with van der Waals surface area (Å²) in [6, 6.07) is 0. The number of hydrogen-bond acceptors (Lipinski definition) is 14. The summed E-state index contributed by atoms with van der Waals surface area (Å²) in [6.07, 6.45) is 8.55. The molecule has 0 unspecified atom stereocenters. The molecule has 4 saturated heterocycles. The maximum Gasteiger partial charge on any atom is 0.316 e. The summed E-state index contributed by atoms with van der Waals surface area (Å²) in [5, 5.41) is 34.2. The van der Waals surface area contributed by atoms with E-state index in [1.807, 2.05) is 32.1 Å². The normalized spacial score (nSPS) is 49.1. The maximum absolute atomic E-state index is 14.3. The molecule has 7 aliphatic rings. The molecule has 1 spiro atoms. The number of hydrogen-bond donors (Lipinski definition) is 3. The van der Waals surface area contributed by atoms with Crippen LogP contribution in [0, 0.1) is 23.7 Å². The van der Waals surface area contributed by atoms with E-state index < -0.39 is 90.8 Å². The topological polar surface area (TPSA) is 170 Å². The van der Waals surface area contributed by atoms with Crippen LogP contribution in [0.2, 0.25) is 0 Å². The minimum absolute atomic E-state index is 0.0317. The largest absolute Gasteiger partial charge is 0.462 e. The zero-order valence-electron chi connectivity index (χ0n) is 38.2. The number of esters is 1. The molecule has 0 aromatic rings. The van der Waals surface area contributed by atoms with Gasteiger partial charge in [-0.25, -0.2) is 0 Å². The SMILES string of the molecule is CC[C@H](C)[C@H]1O[C@]2(C=C[C@@H]1C)C[C@@H]1C[C@@H](C/C=C(\C)[C@@H](O[C@H]3C[C@@H](OC)[C@@H](O[C@H]4C[C@H](OC)[C@@H](O)[C@H](C)O4)[C@H](C)O3)[C@@H](C)/C=C/C=C3\CO[C@@H]4[C@H](O)C(C)=C[C@@H](C(=O)O1)[C@]34O)O2. The fourth-order valence-electron chi connectivity index (χ4n) is 10.6. The summed E-state index contributed by atoms with van der Waals surface area (Å²) < 4.78 is 63.7. The molecule has 7 rings (SSSR count). The standard InChI is InChI=1S/C48H72O14/c1-11-25(2)43-28(5)17-18-47(62-43)23-34-20-33(61-47)16-15-27(4)42(26(3)13-12-14-32-24-55-45-40(49)29(6)19-35(46(51)58-34)48(32,45)52)59-39-22-37(54-10)44(31(8)57-39)60-38-21-36(53-9)41(50)30(7)56-38/h12-15,17-19,25-26,28,30-31,33-45,49-50,52H,11,16,20-24H2,1-10H3/b13-12+,27-15+,32-14+/t25-,26-,28-,30-,31-,33+,34-,35-,36-,37+,38-,39-,40+,41-,42-,43+,44-,45+,47+,48+/m0/s1. The van der Waals surface area contributed by atoms with Crippen molar-refractivity contribution >= 4 is 5.97 Å². The zero-order valence-corrected chi connectivity index (χ0v) is 38.2. The van der Waals surface area contributed by atoms with Gasteiger partial charge in [-0.3, -0.25) is 4.79 Å². The van der Waals surface area contributed by atoms with E-state index in [-0.39, 0.29) is 42.7 Å². The fourth-order valence-corrected chi connectivity index (χ4v) is 10.6. The first-order valence-corrected chi connectivity index (χ1v) is 22.9. The summed E-state index contributed by atoms with van der Waals surface area (Å²) in [5.41, 5.74) is 0.134. The number of ether oxygens (including phenoxy) is 10. The van der Waals surface area contributed by atoms with Crippen LogP contribution >= 0.6 is 0 Å². The van der Waals surface area contributed by atoms with E-state index in [0.29, 0.717) is 43.3 Å². The highest BCUT2D eigenvalue weighted by Crippen LogP contribution is 2.47. The monoisotopic (exact) mass is 872 g/mol. The van der Waals surface area contributed by atoms with E-state index in [9.17, 15) is 20.1 Å². The number of fused-ring (bicyclic) bond motifs is 2. The van der Waals surface area contributed by atoms with Gasteiger partial charge in [-0.2, -0.15) is 0 Å². The highest BCUT2D eigenvalue weighted by Gasteiger charge is 2.60. The molecule has 0 saturated carbocycles. The van der Waals surface area contributed by atoms with Crippen LogP contribution in [0.15, 0.2) is 59.3 Å². The summed E-state index contributed by atoms with van der Waals surface area (Å²) in [7, 11) is 3.22. The van der Waals surface area contributed by atoms with E-state index >= 15 is 0 Å². The van der Waals surface area contributed by atoms with E-state index in [2.05, 4.69) is 39.8 Å². The molecule has 6 heterocycles. The molecule has 14 nitrogen and oxygen atoms in total. The molecular formula is C48H72O14. The van der Waals surface area contributed by atoms with E-state index in [4.69, 9.17) is 47.4 Å². The molecule has 0 aromatic heterocycles. The summed E-state index contributed by atoms with van der Waals surface area (Å²) in [5.74, 6) is -2.56. The Hall–Kier alpha value is -2.31. The lowest BCUT2D eigenvalue weighted by molar-refractivity contribution is -0.318. The quantitative estimate of drug-likeness (QED) is 0.210. The molecule has 0 amide bonds. The number of allylic oxidation sites excluding steroid dienone is 2. The van der Waals surface area contributed by atoms with Gasteiger partial charge in [-0.05, 0) is 62.8 Å². The molecular weight excluding hydrogens is 801 g/mol. The van der Waals surface area contributed by atoms with E-state index in [0.717, 1.165) is 12.0 Å². The van der Waals surface area contributed by atoms with Gasteiger partial charge in [0.1, 0.15) is 42.0 Å². The predicted octanol–water partition coefficient (Wildman–Crippen LogP) is 5.38. The Balaban J connectivity index is 1.18. The third-order valence-corrected chi connectivity index (χ3v) is 14.5. The van der Waals surface area contributed by atoms with Gasteiger partial charge in [0.05, 0.1) is 49.3 Å². The lowest BCUT2D eigenvalue weighted by Gasteiger charge is -2.48. The van der Waals surface area contributed by atoms with Gasteiger partial charge < -0.3 is 62.7 Å². The average molecular weight is 873 g/mol.